The smallest absolute Gasteiger partial charge is 0.115 e. The average Bonchev–Trinajstić information content (AvgIpc) is 2.85. The highest BCUT2D eigenvalue weighted by Gasteiger charge is 2.20. The molecule has 0 aliphatic carbocycles. The Morgan fingerprint density at radius 3 is 3.19 bits per heavy atom. The van der Waals surface area contributed by atoms with Crippen molar-refractivity contribution >= 4 is 11.3 Å². The molecule has 1 atom stereocenters. The molecular weight excluding hydrogens is 220 g/mol. The van der Waals surface area contributed by atoms with Gasteiger partial charge in [-0.1, -0.05) is 6.92 Å². The molecule has 2 rings (SSSR count). The van der Waals surface area contributed by atoms with Crippen molar-refractivity contribution in [3.63, 3.8) is 0 Å². The lowest BCUT2D eigenvalue weighted by Gasteiger charge is -2.23. The molecule has 1 unspecified atom stereocenters. The second kappa shape index (κ2) is 6.01. The molecule has 1 aromatic rings. The lowest BCUT2D eigenvalue weighted by atomic mass is 10.1. The summed E-state index contributed by atoms with van der Waals surface area (Å²) in [6.07, 6.45) is 5.55. The van der Waals surface area contributed by atoms with Crippen molar-refractivity contribution in [2.24, 2.45) is 0 Å². The Morgan fingerprint density at radius 2 is 2.56 bits per heavy atom. The number of nitrogens with zero attached hydrogens (tertiary/aromatic N) is 1. The van der Waals surface area contributed by atoms with Crippen LogP contribution in [0.3, 0.4) is 0 Å². The maximum absolute atomic E-state index is 5.72. The van der Waals surface area contributed by atoms with E-state index < -0.39 is 0 Å². The zero-order valence-electron chi connectivity index (χ0n) is 9.61. The standard InChI is InChI=1S/C12H18N2OS/c1-2-6-13-12(10-8-16-9-14-10)11-5-3-4-7-15-11/h5,8-9,12-13H,2-4,6-7H2,1H3. The molecule has 0 aromatic carbocycles. The highest BCUT2D eigenvalue weighted by atomic mass is 32.1. The van der Waals surface area contributed by atoms with Crippen LogP contribution in [0.1, 0.15) is 37.9 Å². The summed E-state index contributed by atoms with van der Waals surface area (Å²) in [5.41, 5.74) is 2.95. The van der Waals surface area contributed by atoms with Gasteiger partial charge < -0.3 is 10.1 Å². The van der Waals surface area contributed by atoms with Crippen LogP contribution in [-0.4, -0.2) is 18.1 Å². The number of aromatic nitrogens is 1. The Bertz CT molecular complexity index is 335. The van der Waals surface area contributed by atoms with Crippen molar-refractivity contribution in [3.8, 4) is 0 Å². The Balaban J connectivity index is 2.10. The second-order valence-corrected chi connectivity index (χ2v) is 4.62. The first-order valence-corrected chi connectivity index (χ1v) is 6.80. The molecular formula is C12H18N2OS. The third-order valence-corrected chi connectivity index (χ3v) is 3.20. The van der Waals surface area contributed by atoms with Crippen LogP contribution in [0.2, 0.25) is 0 Å². The van der Waals surface area contributed by atoms with Crippen molar-refractivity contribution in [3.05, 3.63) is 28.4 Å². The number of hydrogen-bond donors (Lipinski definition) is 1. The molecule has 0 spiro atoms. The summed E-state index contributed by atoms with van der Waals surface area (Å²) in [6.45, 7) is 3.99. The van der Waals surface area contributed by atoms with Crippen molar-refractivity contribution < 1.29 is 4.74 Å². The molecule has 0 saturated heterocycles. The fourth-order valence-electron chi connectivity index (χ4n) is 1.78. The third kappa shape index (κ3) is 2.83. The molecule has 1 aliphatic rings. The zero-order valence-corrected chi connectivity index (χ0v) is 10.4. The van der Waals surface area contributed by atoms with Crippen LogP contribution < -0.4 is 5.32 Å². The van der Waals surface area contributed by atoms with Crippen LogP contribution in [0, 0.1) is 0 Å². The van der Waals surface area contributed by atoms with Gasteiger partial charge in [-0.25, -0.2) is 4.98 Å². The highest BCUT2D eigenvalue weighted by Crippen LogP contribution is 2.25. The Kier molecular flexibility index (Phi) is 4.36. The summed E-state index contributed by atoms with van der Waals surface area (Å²) in [6, 6.07) is 0.145. The van der Waals surface area contributed by atoms with E-state index in [-0.39, 0.29) is 6.04 Å². The van der Waals surface area contributed by atoms with Crippen molar-refractivity contribution in [1.29, 1.82) is 0 Å². The number of nitrogens with one attached hydrogen (secondary N) is 1. The van der Waals surface area contributed by atoms with Crippen LogP contribution in [-0.2, 0) is 4.74 Å². The summed E-state index contributed by atoms with van der Waals surface area (Å²) in [4.78, 5) is 4.38. The van der Waals surface area contributed by atoms with Gasteiger partial charge in [0.2, 0.25) is 0 Å². The van der Waals surface area contributed by atoms with Gasteiger partial charge in [-0.05, 0) is 31.9 Å². The normalized spacial score (nSPS) is 17.7. The van der Waals surface area contributed by atoms with Gasteiger partial charge in [0.25, 0.3) is 0 Å². The molecule has 2 heterocycles. The van der Waals surface area contributed by atoms with Crippen molar-refractivity contribution in [2.75, 3.05) is 13.2 Å². The molecule has 1 aliphatic heterocycles. The predicted molar refractivity (Wildman–Crippen MR) is 66.4 cm³/mol. The van der Waals surface area contributed by atoms with Gasteiger partial charge >= 0.3 is 0 Å². The van der Waals surface area contributed by atoms with E-state index in [9.17, 15) is 0 Å². The molecule has 3 nitrogen and oxygen atoms in total. The van der Waals surface area contributed by atoms with Crippen molar-refractivity contribution in [2.45, 2.75) is 32.2 Å². The Labute approximate surface area is 101 Å². The Morgan fingerprint density at radius 1 is 1.62 bits per heavy atom. The zero-order chi connectivity index (χ0) is 11.2. The first kappa shape index (κ1) is 11.6. The SMILES string of the molecule is CCCNC(C1=CCCCO1)c1cscn1. The molecule has 88 valence electrons. The minimum Gasteiger partial charge on any atom is -0.496 e. The van der Waals surface area contributed by atoms with Crippen molar-refractivity contribution in [1.82, 2.24) is 10.3 Å². The predicted octanol–water partition coefficient (Wildman–Crippen LogP) is 2.88. The number of allylic oxidation sites excluding steroid dienone is 1. The molecule has 4 heteroatoms. The van der Waals surface area contributed by atoms with E-state index in [1.807, 2.05) is 5.51 Å². The quantitative estimate of drug-likeness (QED) is 0.856. The van der Waals surface area contributed by atoms with E-state index in [0.717, 1.165) is 43.9 Å². The third-order valence-electron chi connectivity index (χ3n) is 2.59. The van der Waals surface area contributed by atoms with Crippen LogP contribution in [0.4, 0.5) is 0 Å². The first-order chi connectivity index (χ1) is 7.92. The van der Waals surface area contributed by atoms with Gasteiger partial charge in [0, 0.05) is 5.38 Å². The summed E-state index contributed by atoms with van der Waals surface area (Å²) >= 11 is 1.63. The van der Waals surface area contributed by atoms with Crippen LogP contribution in [0.15, 0.2) is 22.7 Å². The van der Waals surface area contributed by atoms with E-state index in [1.165, 1.54) is 0 Å². The monoisotopic (exact) mass is 238 g/mol. The van der Waals surface area contributed by atoms with Gasteiger partial charge in [-0.2, -0.15) is 0 Å². The maximum atomic E-state index is 5.72. The lowest BCUT2D eigenvalue weighted by Crippen LogP contribution is -2.26. The number of thiazole rings is 1. The lowest BCUT2D eigenvalue weighted by molar-refractivity contribution is 0.167. The van der Waals surface area contributed by atoms with E-state index >= 15 is 0 Å². The van der Waals surface area contributed by atoms with Gasteiger partial charge in [0.05, 0.1) is 17.8 Å². The van der Waals surface area contributed by atoms with E-state index in [0.29, 0.717) is 0 Å². The molecule has 0 amide bonds. The van der Waals surface area contributed by atoms with Crippen LogP contribution in [0.5, 0.6) is 0 Å². The van der Waals surface area contributed by atoms with Gasteiger partial charge in [0.15, 0.2) is 0 Å². The molecule has 1 N–H and O–H groups in total. The molecule has 0 saturated carbocycles. The molecule has 16 heavy (non-hydrogen) atoms. The van der Waals surface area contributed by atoms with E-state index in [2.05, 4.69) is 28.7 Å². The second-order valence-electron chi connectivity index (χ2n) is 3.90. The van der Waals surface area contributed by atoms with Gasteiger partial charge in [-0.15, -0.1) is 11.3 Å². The average molecular weight is 238 g/mol. The number of ether oxygens (including phenoxy) is 1. The summed E-state index contributed by atoms with van der Waals surface area (Å²) < 4.78 is 5.72. The number of rotatable bonds is 5. The molecule has 0 bridgehead atoms. The van der Waals surface area contributed by atoms with Gasteiger partial charge in [-0.3, -0.25) is 0 Å². The topological polar surface area (TPSA) is 34.1 Å². The fourth-order valence-corrected chi connectivity index (χ4v) is 2.36. The molecule has 1 aromatic heterocycles. The summed E-state index contributed by atoms with van der Waals surface area (Å²) in [7, 11) is 0. The maximum Gasteiger partial charge on any atom is 0.115 e. The summed E-state index contributed by atoms with van der Waals surface area (Å²) in [5, 5.41) is 5.58. The minimum atomic E-state index is 0.145. The molecule has 0 radical (unpaired) electrons. The van der Waals surface area contributed by atoms with Gasteiger partial charge in [0.1, 0.15) is 11.8 Å². The fraction of sp³-hybridized carbons (Fsp3) is 0.583. The van der Waals surface area contributed by atoms with Crippen LogP contribution >= 0.6 is 11.3 Å². The van der Waals surface area contributed by atoms with E-state index in [4.69, 9.17) is 4.74 Å². The summed E-state index contributed by atoms with van der Waals surface area (Å²) in [5.74, 6) is 1.05. The largest absolute Gasteiger partial charge is 0.496 e. The first-order valence-electron chi connectivity index (χ1n) is 5.86. The number of hydrogen-bond acceptors (Lipinski definition) is 4. The Hall–Kier alpha value is -0.870. The highest BCUT2D eigenvalue weighted by molar-refractivity contribution is 7.07. The van der Waals surface area contributed by atoms with Crippen LogP contribution in [0.25, 0.3) is 0 Å². The van der Waals surface area contributed by atoms with E-state index in [1.54, 1.807) is 11.3 Å². The molecule has 0 fully saturated rings. The minimum absolute atomic E-state index is 0.145.